The Bertz CT molecular complexity index is 294. The van der Waals surface area contributed by atoms with Crippen LogP contribution in [0.25, 0.3) is 0 Å². The number of rotatable bonds is 2. The minimum atomic E-state index is 0.248. The molecule has 13 heavy (non-hydrogen) atoms. The SMILES string of the molecule is Nc1cc(Cl)nn1C[C@H]1CCCO1. The van der Waals surface area contributed by atoms with Crippen LogP contribution in [0.4, 0.5) is 5.82 Å². The van der Waals surface area contributed by atoms with Crippen LogP contribution in [0.5, 0.6) is 0 Å². The molecular formula is C8H12ClN3O. The van der Waals surface area contributed by atoms with E-state index in [1.807, 2.05) is 0 Å². The van der Waals surface area contributed by atoms with Gasteiger partial charge in [-0.2, -0.15) is 5.10 Å². The van der Waals surface area contributed by atoms with Gasteiger partial charge in [-0.3, -0.25) is 0 Å². The lowest BCUT2D eigenvalue weighted by atomic mass is 10.2. The first-order valence-electron chi connectivity index (χ1n) is 4.36. The van der Waals surface area contributed by atoms with E-state index in [1.165, 1.54) is 0 Å². The first-order chi connectivity index (χ1) is 6.25. The van der Waals surface area contributed by atoms with Crippen LogP contribution in [0.2, 0.25) is 5.15 Å². The van der Waals surface area contributed by atoms with Gasteiger partial charge in [0, 0.05) is 12.7 Å². The number of hydrogen-bond donors (Lipinski definition) is 1. The molecule has 0 spiro atoms. The van der Waals surface area contributed by atoms with Crippen molar-refractivity contribution in [1.29, 1.82) is 0 Å². The topological polar surface area (TPSA) is 53.1 Å². The summed E-state index contributed by atoms with van der Waals surface area (Å²) < 4.78 is 7.15. The normalized spacial score (nSPS) is 22.4. The fourth-order valence-corrected chi connectivity index (χ4v) is 1.73. The molecule has 0 unspecified atom stereocenters. The molecule has 1 atom stereocenters. The van der Waals surface area contributed by atoms with Crippen LogP contribution in [0.15, 0.2) is 6.07 Å². The highest BCUT2D eigenvalue weighted by atomic mass is 35.5. The molecule has 72 valence electrons. The van der Waals surface area contributed by atoms with E-state index in [0.29, 0.717) is 17.5 Å². The molecular weight excluding hydrogens is 190 g/mol. The van der Waals surface area contributed by atoms with Gasteiger partial charge in [-0.05, 0) is 12.8 Å². The quantitative estimate of drug-likeness (QED) is 0.785. The van der Waals surface area contributed by atoms with E-state index in [-0.39, 0.29) is 6.10 Å². The van der Waals surface area contributed by atoms with E-state index in [9.17, 15) is 0 Å². The summed E-state index contributed by atoms with van der Waals surface area (Å²) in [4.78, 5) is 0. The maximum atomic E-state index is 5.70. The number of ether oxygens (including phenoxy) is 1. The van der Waals surface area contributed by atoms with Crippen LogP contribution in [0.3, 0.4) is 0 Å². The Morgan fingerprint density at radius 3 is 3.15 bits per heavy atom. The Morgan fingerprint density at radius 2 is 2.62 bits per heavy atom. The average Bonchev–Trinajstić information content (AvgIpc) is 2.63. The van der Waals surface area contributed by atoms with Gasteiger partial charge in [0.1, 0.15) is 5.82 Å². The molecule has 1 aliphatic rings. The van der Waals surface area contributed by atoms with E-state index < -0.39 is 0 Å². The molecule has 0 saturated carbocycles. The molecule has 0 bridgehead atoms. The lowest BCUT2D eigenvalue weighted by Gasteiger charge is -2.09. The average molecular weight is 202 g/mol. The molecule has 2 N–H and O–H groups in total. The monoisotopic (exact) mass is 201 g/mol. The Balaban J connectivity index is 2.03. The number of nitrogen functional groups attached to an aromatic ring is 1. The van der Waals surface area contributed by atoms with E-state index in [4.69, 9.17) is 22.1 Å². The Kier molecular flexibility index (Phi) is 2.42. The van der Waals surface area contributed by atoms with Crippen molar-refractivity contribution in [3.8, 4) is 0 Å². The minimum Gasteiger partial charge on any atom is -0.384 e. The summed E-state index contributed by atoms with van der Waals surface area (Å²) in [6.07, 6.45) is 2.45. The van der Waals surface area contributed by atoms with Gasteiger partial charge in [0.25, 0.3) is 0 Å². The fraction of sp³-hybridized carbons (Fsp3) is 0.625. The molecule has 2 heterocycles. The van der Waals surface area contributed by atoms with Crippen molar-refractivity contribution in [2.75, 3.05) is 12.3 Å². The third-order valence-electron chi connectivity index (χ3n) is 2.18. The molecule has 0 aromatic carbocycles. The third-order valence-corrected chi connectivity index (χ3v) is 2.37. The molecule has 4 nitrogen and oxygen atoms in total. The summed E-state index contributed by atoms with van der Waals surface area (Å²) in [5.41, 5.74) is 5.68. The van der Waals surface area contributed by atoms with Gasteiger partial charge >= 0.3 is 0 Å². The van der Waals surface area contributed by atoms with Crippen molar-refractivity contribution in [3.05, 3.63) is 11.2 Å². The second-order valence-electron chi connectivity index (χ2n) is 3.21. The molecule has 0 radical (unpaired) electrons. The highest BCUT2D eigenvalue weighted by Gasteiger charge is 2.17. The largest absolute Gasteiger partial charge is 0.384 e. The Labute approximate surface area is 81.6 Å². The number of anilines is 1. The van der Waals surface area contributed by atoms with Crippen molar-refractivity contribution >= 4 is 17.4 Å². The Hall–Kier alpha value is -0.740. The number of aromatic nitrogens is 2. The first kappa shape index (κ1) is 8.84. The van der Waals surface area contributed by atoms with Crippen molar-refractivity contribution < 1.29 is 4.74 Å². The molecule has 1 fully saturated rings. The predicted octanol–water partition coefficient (Wildman–Crippen LogP) is 1.30. The zero-order valence-corrected chi connectivity index (χ0v) is 8.00. The summed E-state index contributed by atoms with van der Waals surface area (Å²) in [6, 6.07) is 1.65. The van der Waals surface area contributed by atoms with E-state index in [0.717, 1.165) is 19.4 Å². The standard InChI is InChI=1S/C8H12ClN3O/c9-7-4-8(10)12(11-7)5-6-2-1-3-13-6/h4,6H,1-3,5,10H2/t6-/m1/s1. The van der Waals surface area contributed by atoms with Crippen molar-refractivity contribution in [3.63, 3.8) is 0 Å². The van der Waals surface area contributed by atoms with Gasteiger partial charge in [-0.25, -0.2) is 4.68 Å². The number of halogens is 1. The summed E-state index contributed by atoms with van der Waals surface area (Å²) >= 11 is 5.70. The molecule has 1 aromatic heterocycles. The minimum absolute atomic E-state index is 0.248. The number of hydrogen-bond acceptors (Lipinski definition) is 3. The zero-order chi connectivity index (χ0) is 9.26. The molecule has 1 saturated heterocycles. The Morgan fingerprint density at radius 1 is 1.77 bits per heavy atom. The summed E-state index contributed by atoms with van der Waals surface area (Å²) in [7, 11) is 0. The van der Waals surface area contributed by atoms with Crippen molar-refractivity contribution in [1.82, 2.24) is 9.78 Å². The molecule has 0 amide bonds. The highest BCUT2D eigenvalue weighted by molar-refractivity contribution is 6.29. The van der Waals surface area contributed by atoms with Gasteiger partial charge < -0.3 is 10.5 Å². The van der Waals surface area contributed by atoms with Crippen LogP contribution in [0, 0.1) is 0 Å². The predicted molar refractivity (Wildman–Crippen MR) is 50.6 cm³/mol. The number of nitrogens with zero attached hydrogens (tertiary/aromatic N) is 2. The highest BCUT2D eigenvalue weighted by Crippen LogP contribution is 2.17. The molecule has 0 aliphatic carbocycles. The second-order valence-corrected chi connectivity index (χ2v) is 3.60. The fourth-order valence-electron chi connectivity index (χ4n) is 1.53. The van der Waals surface area contributed by atoms with Crippen molar-refractivity contribution in [2.24, 2.45) is 0 Å². The van der Waals surface area contributed by atoms with Gasteiger partial charge in [-0.15, -0.1) is 0 Å². The lowest BCUT2D eigenvalue weighted by Crippen LogP contribution is -2.17. The first-order valence-corrected chi connectivity index (χ1v) is 4.74. The second kappa shape index (κ2) is 3.55. The number of nitrogens with two attached hydrogens (primary N) is 1. The third kappa shape index (κ3) is 1.95. The van der Waals surface area contributed by atoms with Crippen LogP contribution in [0.1, 0.15) is 12.8 Å². The zero-order valence-electron chi connectivity index (χ0n) is 7.24. The van der Waals surface area contributed by atoms with E-state index in [1.54, 1.807) is 10.7 Å². The smallest absolute Gasteiger partial charge is 0.153 e. The van der Waals surface area contributed by atoms with Gasteiger partial charge in [0.05, 0.1) is 12.6 Å². The van der Waals surface area contributed by atoms with Crippen molar-refractivity contribution in [2.45, 2.75) is 25.5 Å². The van der Waals surface area contributed by atoms with Crippen LogP contribution < -0.4 is 5.73 Å². The maximum Gasteiger partial charge on any atom is 0.153 e. The summed E-state index contributed by atoms with van der Waals surface area (Å²) in [6.45, 7) is 1.55. The molecule has 1 aliphatic heterocycles. The lowest BCUT2D eigenvalue weighted by molar-refractivity contribution is 0.0946. The van der Waals surface area contributed by atoms with Gasteiger partial charge in [0.15, 0.2) is 5.15 Å². The molecule has 2 rings (SSSR count). The van der Waals surface area contributed by atoms with Gasteiger partial charge in [-0.1, -0.05) is 11.6 Å². The molecule has 1 aromatic rings. The van der Waals surface area contributed by atoms with Crippen LogP contribution >= 0.6 is 11.6 Å². The maximum absolute atomic E-state index is 5.70. The van der Waals surface area contributed by atoms with Crippen LogP contribution in [-0.4, -0.2) is 22.5 Å². The van der Waals surface area contributed by atoms with E-state index in [2.05, 4.69) is 5.10 Å². The summed E-state index contributed by atoms with van der Waals surface area (Å²) in [5.74, 6) is 0.598. The summed E-state index contributed by atoms with van der Waals surface area (Å²) in [5, 5.41) is 4.49. The van der Waals surface area contributed by atoms with Gasteiger partial charge in [0.2, 0.25) is 0 Å². The van der Waals surface area contributed by atoms with E-state index >= 15 is 0 Å². The molecule has 5 heteroatoms. The van der Waals surface area contributed by atoms with Crippen LogP contribution in [-0.2, 0) is 11.3 Å².